The molecule has 0 saturated carbocycles. The first kappa shape index (κ1) is 20.2. The number of hydrogen-bond donors (Lipinski definition) is 1. The number of ether oxygens (including phenoxy) is 1. The van der Waals surface area contributed by atoms with Gasteiger partial charge in [-0.3, -0.25) is 9.59 Å². The van der Waals surface area contributed by atoms with Gasteiger partial charge in [0.25, 0.3) is 0 Å². The quantitative estimate of drug-likeness (QED) is 0.462. The van der Waals surface area contributed by atoms with Gasteiger partial charge in [0.2, 0.25) is 0 Å². The number of benzene rings is 2. The van der Waals surface area contributed by atoms with E-state index < -0.39 is 17.8 Å². The Hall–Kier alpha value is -3.15. The van der Waals surface area contributed by atoms with Gasteiger partial charge in [-0.1, -0.05) is 55.8 Å². The Morgan fingerprint density at radius 3 is 2.37 bits per heavy atom. The number of anilines is 1. The van der Waals surface area contributed by atoms with Crippen LogP contribution in [0, 0.1) is 0 Å². The van der Waals surface area contributed by atoms with Crippen molar-refractivity contribution < 1.29 is 19.1 Å². The number of carbonyl (C=O) groups is 3. The standard InChI is InChI=1S/C21H24N2O4/c1-3-4-14-27-21(26)17-12-8-9-13-18(17)22-19(24)20(25)23(2)15-16-10-6-5-7-11-16/h5-13H,3-4,14-15H2,1-2H3,(H,22,24). The number of hydrogen-bond acceptors (Lipinski definition) is 4. The van der Waals surface area contributed by atoms with Gasteiger partial charge in [-0.2, -0.15) is 0 Å². The Morgan fingerprint density at radius 2 is 1.67 bits per heavy atom. The van der Waals surface area contributed by atoms with Crippen molar-refractivity contribution in [3.8, 4) is 0 Å². The average Bonchev–Trinajstić information content (AvgIpc) is 2.68. The number of esters is 1. The molecule has 0 aliphatic rings. The second-order valence-corrected chi connectivity index (χ2v) is 6.14. The number of para-hydroxylation sites is 1. The van der Waals surface area contributed by atoms with Crippen LogP contribution in [0.25, 0.3) is 0 Å². The van der Waals surface area contributed by atoms with Gasteiger partial charge in [0.05, 0.1) is 17.9 Å². The number of likely N-dealkylation sites (N-methyl/N-ethyl adjacent to an activating group) is 1. The van der Waals surface area contributed by atoms with Crippen molar-refractivity contribution in [3.05, 3.63) is 65.7 Å². The molecule has 6 nitrogen and oxygen atoms in total. The number of rotatable bonds is 7. The van der Waals surface area contributed by atoms with Crippen molar-refractivity contribution in [1.29, 1.82) is 0 Å². The number of carbonyl (C=O) groups excluding carboxylic acids is 3. The van der Waals surface area contributed by atoms with Crippen LogP contribution in [0.2, 0.25) is 0 Å². The molecule has 0 bridgehead atoms. The smallest absolute Gasteiger partial charge is 0.340 e. The van der Waals surface area contributed by atoms with E-state index in [1.165, 1.54) is 4.90 Å². The third kappa shape index (κ3) is 5.95. The number of nitrogens with zero attached hydrogens (tertiary/aromatic N) is 1. The molecule has 6 heteroatoms. The van der Waals surface area contributed by atoms with Crippen molar-refractivity contribution in [1.82, 2.24) is 4.90 Å². The lowest BCUT2D eigenvalue weighted by Gasteiger charge is -2.17. The zero-order chi connectivity index (χ0) is 19.6. The highest BCUT2D eigenvalue weighted by atomic mass is 16.5. The van der Waals surface area contributed by atoms with Crippen LogP contribution in [0.4, 0.5) is 5.69 Å². The highest BCUT2D eigenvalue weighted by molar-refractivity contribution is 6.39. The molecule has 0 aliphatic heterocycles. The summed E-state index contributed by atoms with van der Waals surface area (Å²) in [6, 6.07) is 15.9. The van der Waals surface area contributed by atoms with Crippen molar-refractivity contribution in [2.75, 3.05) is 19.0 Å². The minimum atomic E-state index is -0.803. The van der Waals surface area contributed by atoms with Crippen molar-refractivity contribution >= 4 is 23.5 Å². The lowest BCUT2D eigenvalue weighted by Crippen LogP contribution is -2.37. The molecule has 0 fully saturated rings. The number of nitrogens with one attached hydrogen (secondary N) is 1. The van der Waals surface area contributed by atoms with Gasteiger partial charge in [0.1, 0.15) is 0 Å². The molecule has 0 aliphatic carbocycles. The van der Waals surface area contributed by atoms with E-state index >= 15 is 0 Å². The summed E-state index contributed by atoms with van der Waals surface area (Å²) in [7, 11) is 1.56. The van der Waals surface area contributed by atoms with Crippen LogP contribution in [0.3, 0.4) is 0 Å². The van der Waals surface area contributed by atoms with Gasteiger partial charge >= 0.3 is 17.8 Å². The zero-order valence-corrected chi connectivity index (χ0v) is 15.6. The summed E-state index contributed by atoms with van der Waals surface area (Å²) in [5.74, 6) is -2.01. The fourth-order valence-corrected chi connectivity index (χ4v) is 2.44. The zero-order valence-electron chi connectivity index (χ0n) is 15.6. The lowest BCUT2D eigenvalue weighted by atomic mass is 10.1. The SMILES string of the molecule is CCCCOC(=O)c1ccccc1NC(=O)C(=O)N(C)Cc1ccccc1. The van der Waals surface area contributed by atoms with Gasteiger partial charge in [-0.15, -0.1) is 0 Å². The van der Waals surface area contributed by atoms with E-state index in [9.17, 15) is 14.4 Å². The molecule has 2 aromatic rings. The minimum absolute atomic E-state index is 0.223. The molecule has 0 atom stereocenters. The van der Waals surface area contributed by atoms with Gasteiger partial charge in [0, 0.05) is 13.6 Å². The largest absolute Gasteiger partial charge is 0.462 e. The Balaban J connectivity index is 2.02. The molecule has 1 N–H and O–H groups in total. The molecule has 27 heavy (non-hydrogen) atoms. The maximum atomic E-state index is 12.3. The first-order valence-corrected chi connectivity index (χ1v) is 8.89. The maximum Gasteiger partial charge on any atom is 0.340 e. The topological polar surface area (TPSA) is 75.7 Å². The molecular weight excluding hydrogens is 344 g/mol. The van der Waals surface area contributed by atoms with Crippen LogP contribution in [0.5, 0.6) is 0 Å². The predicted molar refractivity (Wildman–Crippen MR) is 103 cm³/mol. The number of unbranched alkanes of at least 4 members (excludes halogenated alkanes) is 1. The van der Waals surface area contributed by atoms with Gasteiger partial charge < -0.3 is 15.0 Å². The summed E-state index contributed by atoms with van der Waals surface area (Å²) >= 11 is 0. The first-order chi connectivity index (χ1) is 13.0. The van der Waals surface area contributed by atoms with E-state index in [1.807, 2.05) is 37.3 Å². The molecule has 2 amide bonds. The molecule has 2 aromatic carbocycles. The van der Waals surface area contributed by atoms with Crippen LogP contribution in [0.15, 0.2) is 54.6 Å². The molecule has 0 aromatic heterocycles. The fourth-order valence-electron chi connectivity index (χ4n) is 2.44. The Bertz CT molecular complexity index is 790. The average molecular weight is 368 g/mol. The first-order valence-electron chi connectivity index (χ1n) is 8.89. The maximum absolute atomic E-state index is 12.3. The molecule has 142 valence electrons. The highest BCUT2D eigenvalue weighted by Crippen LogP contribution is 2.17. The molecule has 2 rings (SSSR count). The van der Waals surface area contributed by atoms with E-state index in [2.05, 4.69) is 5.32 Å². The van der Waals surface area contributed by atoms with Crippen LogP contribution in [-0.4, -0.2) is 36.3 Å². The third-order valence-corrected chi connectivity index (χ3v) is 3.93. The number of amides is 2. The van der Waals surface area contributed by atoms with E-state index in [0.29, 0.717) is 13.2 Å². The Labute approximate surface area is 159 Å². The van der Waals surface area contributed by atoms with Crippen LogP contribution >= 0.6 is 0 Å². The molecule has 0 heterocycles. The van der Waals surface area contributed by atoms with Crippen molar-refractivity contribution in [3.63, 3.8) is 0 Å². The van der Waals surface area contributed by atoms with E-state index in [0.717, 1.165) is 18.4 Å². The Kier molecular flexibility index (Phi) is 7.55. The van der Waals surface area contributed by atoms with Crippen LogP contribution in [0.1, 0.15) is 35.7 Å². The summed E-state index contributed by atoms with van der Waals surface area (Å²) in [5, 5.41) is 2.52. The van der Waals surface area contributed by atoms with Crippen LogP contribution < -0.4 is 5.32 Å². The van der Waals surface area contributed by atoms with E-state index in [-0.39, 0.29) is 11.3 Å². The highest BCUT2D eigenvalue weighted by Gasteiger charge is 2.21. The summed E-state index contributed by atoms with van der Waals surface area (Å²) in [6.45, 7) is 2.63. The van der Waals surface area contributed by atoms with Gasteiger partial charge in [0.15, 0.2) is 0 Å². The summed E-state index contributed by atoms with van der Waals surface area (Å²) in [4.78, 5) is 38.2. The monoisotopic (exact) mass is 368 g/mol. The minimum Gasteiger partial charge on any atom is -0.462 e. The van der Waals surface area contributed by atoms with Crippen molar-refractivity contribution in [2.24, 2.45) is 0 Å². The molecule has 0 unspecified atom stereocenters. The molecular formula is C21H24N2O4. The molecule has 0 saturated heterocycles. The second kappa shape index (κ2) is 10.1. The lowest BCUT2D eigenvalue weighted by molar-refractivity contribution is -0.142. The fraction of sp³-hybridized carbons (Fsp3) is 0.286. The molecule has 0 spiro atoms. The van der Waals surface area contributed by atoms with Crippen molar-refractivity contribution in [2.45, 2.75) is 26.3 Å². The summed E-state index contributed by atoms with van der Waals surface area (Å²) < 4.78 is 5.19. The van der Waals surface area contributed by atoms with E-state index in [4.69, 9.17) is 4.74 Å². The van der Waals surface area contributed by atoms with E-state index in [1.54, 1.807) is 31.3 Å². The summed E-state index contributed by atoms with van der Waals surface area (Å²) in [5.41, 5.74) is 1.40. The second-order valence-electron chi connectivity index (χ2n) is 6.14. The van der Waals surface area contributed by atoms with Gasteiger partial charge in [-0.25, -0.2) is 4.79 Å². The predicted octanol–water partition coefficient (Wildman–Crippen LogP) is 3.24. The summed E-state index contributed by atoms with van der Waals surface area (Å²) in [6.07, 6.45) is 1.68. The Morgan fingerprint density at radius 1 is 1.00 bits per heavy atom. The normalized spacial score (nSPS) is 10.1. The molecule has 0 radical (unpaired) electrons. The third-order valence-electron chi connectivity index (χ3n) is 3.93. The van der Waals surface area contributed by atoms with Gasteiger partial charge in [-0.05, 0) is 24.1 Å². The van der Waals surface area contributed by atoms with Crippen LogP contribution in [-0.2, 0) is 20.9 Å².